The Morgan fingerprint density at radius 3 is 2.80 bits per heavy atom. The molecule has 0 aliphatic rings. The lowest BCUT2D eigenvalue weighted by Crippen LogP contribution is -2.28. The first kappa shape index (κ1) is 15.2. The average molecular weight is 382 g/mol. The summed E-state index contributed by atoms with van der Waals surface area (Å²) in [5, 5.41) is 13.3. The molecule has 20 heavy (non-hydrogen) atoms. The van der Waals surface area contributed by atoms with Crippen LogP contribution >= 0.6 is 27.5 Å². The van der Waals surface area contributed by atoms with Gasteiger partial charge in [0.25, 0.3) is 0 Å². The van der Waals surface area contributed by atoms with E-state index in [1.54, 1.807) is 6.92 Å². The first-order valence-electron chi connectivity index (χ1n) is 5.31. The van der Waals surface area contributed by atoms with E-state index in [1.807, 2.05) is 0 Å². The third kappa shape index (κ3) is 3.08. The molecule has 0 saturated carbocycles. The topological polar surface area (TPSA) is 127 Å². The van der Waals surface area contributed by atoms with Gasteiger partial charge in [-0.05, 0) is 35.0 Å². The largest absolute Gasteiger partial charge is 0.398 e. The maximum absolute atomic E-state index is 12.3. The van der Waals surface area contributed by atoms with E-state index in [0.29, 0.717) is 0 Å². The maximum Gasteiger partial charge on any atom is 0.242 e. The number of nitrogen functional groups attached to an aromatic ring is 1. The molecular weight excluding hydrogens is 372 g/mol. The van der Waals surface area contributed by atoms with Crippen molar-refractivity contribution < 1.29 is 8.42 Å². The van der Waals surface area contributed by atoms with E-state index < -0.39 is 16.1 Å². The maximum atomic E-state index is 12.3. The lowest BCUT2D eigenvalue weighted by Gasteiger charge is -2.13. The highest BCUT2D eigenvalue weighted by molar-refractivity contribution is 9.10. The van der Waals surface area contributed by atoms with Crippen molar-refractivity contribution in [3.8, 4) is 0 Å². The van der Waals surface area contributed by atoms with E-state index in [0.717, 1.165) is 0 Å². The molecule has 0 aliphatic carbocycles. The Labute approximate surface area is 128 Å². The lowest BCUT2D eigenvalue weighted by molar-refractivity contribution is 0.559. The second-order valence-electron chi connectivity index (χ2n) is 3.92. The number of nitrogens with one attached hydrogen (secondary N) is 2. The molecule has 2 rings (SSSR count). The summed E-state index contributed by atoms with van der Waals surface area (Å²) in [7, 11) is -3.84. The minimum Gasteiger partial charge on any atom is -0.398 e. The van der Waals surface area contributed by atoms with Crippen LogP contribution < -0.4 is 10.5 Å². The van der Waals surface area contributed by atoms with Crippen LogP contribution in [0, 0.1) is 0 Å². The Hall–Kier alpha value is -1.23. The molecule has 108 valence electrons. The second kappa shape index (κ2) is 5.64. The van der Waals surface area contributed by atoms with Crippen LogP contribution in [0.15, 0.2) is 21.5 Å². The fraction of sp³-hybridized carbons (Fsp3) is 0.222. The normalized spacial score (nSPS) is 13.3. The third-order valence-electron chi connectivity index (χ3n) is 2.40. The minimum atomic E-state index is -3.84. The molecular formula is C9H10BrClN6O2S. The van der Waals surface area contributed by atoms with E-state index >= 15 is 0 Å². The smallest absolute Gasteiger partial charge is 0.242 e. The number of hydrogen-bond donors (Lipinski definition) is 3. The number of aromatic nitrogens is 4. The predicted octanol–water partition coefficient (Wildman–Crippen LogP) is 1.24. The molecule has 0 saturated heterocycles. The monoisotopic (exact) mass is 380 g/mol. The Bertz CT molecular complexity index is 720. The van der Waals surface area contributed by atoms with Crippen LogP contribution in [0.1, 0.15) is 18.8 Å². The van der Waals surface area contributed by atoms with E-state index in [-0.39, 0.29) is 25.9 Å². The van der Waals surface area contributed by atoms with Crippen LogP contribution in [0.4, 0.5) is 5.69 Å². The molecule has 11 heteroatoms. The number of anilines is 1. The van der Waals surface area contributed by atoms with Crippen molar-refractivity contribution in [2.45, 2.75) is 17.9 Å². The number of nitrogens with two attached hydrogens (primary N) is 1. The van der Waals surface area contributed by atoms with Gasteiger partial charge in [-0.25, -0.2) is 13.1 Å². The van der Waals surface area contributed by atoms with Gasteiger partial charge in [0.05, 0.1) is 15.4 Å². The van der Waals surface area contributed by atoms with Crippen LogP contribution in [0.25, 0.3) is 0 Å². The number of H-pyrrole nitrogens is 1. The number of halogens is 2. The van der Waals surface area contributed by atoms with E-state index in [2.05, 4.69) is 41.3 Å². The highest BCUT2D eigenvalue weighted by atomic mass is 79.9. The molecule has 8 nitrogen and oxygen atoms in total. The molecule has 0 amide bonds. The summed E-state index contributed by atoms with van der Waals surface area (Å²) in [5.41, 5.74) is 5.91. The molecule has 0 fully saturated rings. The number of rotatable bonds is 4. The van der Waals surface area contributed by atoms with E-state index in [9.17, 15) is 8.42 Å². The van der Waals surface area contributed by atoms with Gasteiger partial charge in [0, 0.05) is 10.7 Å². The van der Waals surface area contributed by atoms with Crippen LogP contribution in [0.2, 0.25) is 5.02 Å². The molecule has 1 heterocycles. The van der Waals surface area contributed by atoms with Crippen molar-refractivity contribution in [2.24, 2.45) is 0 Å². The van der Waals surface area contributed by atoms with Crippen molar-refractivity contribution in [3.05, 3.63) is 27.5 Å². The molecule has 2 aromatic rings. The summed E-state index contributed by atoms with van der Waals surface area (Å²) in [5.74, 6) is 0.222. The van der Waals surface area contributed by atoms with Crippen LogP contribution in [-0.2, 0) is 10.0 Å². The quantitative estimate of drug-likeness (QED) is 0.684. The summed E-state index contributed by atoms with van der Waals surface area (Å²) in [6.45, 7) is 1.59. The number of nitrogens with zero attached hydrogens (tertiary/aromatic N) is 3. The molecule has 1 unspecified atom stereocenters. The summed E-state index contributed by atoms with van der Waals surface area (Å²) in [6, 6.07) is 2.09. The van der Waals surface area contributed by atoms with Crippen molar-refractivity contribution in [1.29, 1.82) is 0 Å². The van der Waals surface area contributed by atoms with Gasteiger partial charge in [0.1, 0.15) is 0 Å². The Kier molecular flexibility index (Phi) is 4.28. The van der Waals surface area contributed by atoms with Gasteiger partial charge < -0.3 is 5.73 Å². The molecule has 4 N–H and O–H groups in total. The zero-order chi connectivity index (χ0) is 14.9. The number of aromatic amines is 1. The fourth-order valence-corrected chi connectivity index (χ4v) is 3.98. The van der Waals surface area contributed by atoms with Gasteiger partial charge >= 0.3 is 0 Å². The van der Waals surface area contributed by atoms with E-state index in [1.165, 1.54) is 12.1 Å². The fourth-order valence-electron chi connectivity index (χ4n) is 1.48. The Morgan fingerprint density at radius 2 is 2.20 bits per heavy atom. The van der Waals surface area contributed by atoms with Crippen molar-refractivity contribution in [2.75, 3.05) is 5.73 Å². The van der Waals surface area contributed by atoms with Gasteiger partial charge in [0.15, 0.2) is 5.82 Å². The SMILES string of the molecule is CC(NS(=O)(=O)c1cc(Cl)cc(N)c1Br)c1nn[nH]n1. The number of sulfonamides is 1. The first-order valence-corrected chi connectivity index (χ1v) is 7.97. The zero-order valence-electron chi connectivity index (χ0n) is 10.1. The first-order chi connectivity index (χ1) is 9.31. The molecule has 0 aliphatic heterocycles. The van der Waals surface area contributed by atoms with Crippen LogP contribution in [0.5, 0.6) is 0 Å². The third-order valence-corrected chi connectivity index (χ3v) is 5.33. The van der Waals surface area contributed by atoms with Crippen molar-refractivity contribution >= 4 is 43.2 Å². The summed E-state index contributed by atoms with van der Waals surface area (Å²) in [6.07, 6.45) is 0. The zero-order valence-corrected chi connectivity index (χ0v) is 13.3. The molecule has 0 radical (unpaired) electrons. The number of hydrogen-bond acceptors (Lipinski definition) is 6. The Balaban J connectivity index is 2.36. The second-order valence-corrected chi connectivity index (χ2v) is 6.83. The number of benzene rings is 1. The lowest BCUT2D eigenvalue weighted by atomic mass is 10.3. The molecule has 1 atom stereocenters. The number of tetrazole rings is 1. The molecule has 0 bridgehead atoms. The van der Waals surface area contributed by atoms with Crippen molar-refractivity contribution in [1.82, 2.24) is 25.3 Å². The highest BCUT2D eigenvalue weighted by Gasteiger charge is 2.24. The van der Waals surface area contributed by atoms with Crippen LogP contribution in [-0.4, -0.2) is 29.0 Å². The molecule has 1 aromatic carbocycles. The van der Waals surface area contributed by atoms with Gasteiger partial charge in [-0.2, -0.15) is 5.21 Å². The van der Waals surface area contributed by atoms with E-state index in [4.69, 9.17) is 17.3 Å². The standard InChI is InChI=1S/C9H10BrClN6O2S/c1-4(9-13-16-17-14-9)15-20(18,19)7-3-5(11)2-6(12)8(7)10/h2-4,15H,12H2,1H3,(H,13,14,16,17). The van der Waals surface area contributed by atoms with Gasteiger partial charge in [-0.3, -0.25) is 0 Å². The van der Waals surface area contributed by atoms with Gasteiger partial charge in [0.2, 0.25) is 10.0 Å². The molecule has 0 spiro atoms. The predicted molar refractivity (Wildman–Crippen MR) is 76.5 cm³/mol. The van der Waals surface area contributed by atoms with Gasteiger partial charge in [-0.1, -0.05) is 16.8 Å². The Morgan fingerprint density at radius 1 is 1.50 bits per heavy atom. The van der Waals surface area contributed by atoms with Crippen LogP contribution in [0.3, 0.4) is 0 Å². The highest BCUT2D eigenvalue weighted by Crippen LogP contribution is 2.31. The summed E-state index contributed by atoms with van der Waals surface area (Å²) < 4.78 is 27.3. The van der Waals surface area contributed by atoms with Crippen molar-refractivity contribution in [3.63, 3.8) is 0 Å². The minimum absolute atomic E-state index is 0.0576. The summed E-state index contributed by atoms with van der Waals surface area (Å²) >= 11 is 8.97. The van der Waals surface area contributed by atoms with Gasteiger partial charge in [-0.15, -0.1) is 10.2 Å². The average Bonchev–Trinajstić information content (AvgIpc) is 2.86. The molecule has 1 aromatic heterocycles. The summed E-state index contributed by atoms with van der Waals surface area (Å²) in [4.78, 5) is -0.0576.